The molecule has 0 aliphatic heterocycles. The van der Waals surface area contributed by atoms with Gasteiger partial charge in [-0.05, 0) is 128 Å². The van der Waals surface area contributed by atoms with E-state index >= 15 is 0 Å². The number of aryl methyl sites for hydroxylation is 1. The number of Topliss-reactive ketones (excluding diaryl/α,β-unsaturated/α-hetero) is 3. The fourth-order valence-electron chi connectivity index (χ4n) is 9.49. The van der Waals surface area contributed by atoms with Gasteiger partial charge in [0, 0.05) is 43.5 Å². The number of thiazole rings is 1. The highest BCUT2D eigenvalue weighted by atomic mass is 79.9. The number of carbonyl (C=O) groups excluding carboxylic acids is 4. The van der Waals surface area contributed by atoms with Crippen molar-refractivity contribution in [2.24, 2.45) is 11.7 Å². The first-order valence-corrected chi connectivity index (χ1v) is 33.1. The van der Waals surface area contributed by atoms with Crippen LogP contribution in [0.25, 0.3) is 0 Å². The number of nitrogens with two attached hydrogens (primary N) is 1. The number of halogens is 3. The summed E-state index contributed by atoms with van der Waals surface area (Å²) in [7, 11) is -3.88. The van der Waals surface area contributed by atoms with Gasteiger partial charge in [-0.25, -0.2) is 9.78 Å². The highest BCUT2D eigenvalue weighted by molar-refractivity contribution is 9.12. The second-order valence-electron chi connectivity index (χ2n) is 21.6. The summed E-state index contributed by atoms with van der Waals surface area (Å²) in [6.45, 7) is 42.4. The average Bonchev–Trinajstić information content (AvgIpc) is 3.61. The van der Waals surface area contributed by atoms with E-state index in [4.69, 9.17) is 36.5 Å². The molecule has 0 fully saturated rings. The number of alkyl carbamates (subject to hydrolysis) is 1. The molecule has 3 N–H and O–H groups in total. The number of hydrogen-bond donors (Lipinski definition) is 2. The van der Waals surface area contributed by atoms with Gasteiger partial charge in [-0.1, -0.05) is 150 Å². The van der Waals surface area contributed by atoms with Crippen LogP contribution in [0.2, 0.25) is 33.2 Å². The minimum atomic E-state index is -1.97. The van der Waals surface area contributed by atoms with E-state index in [1.54, 1.807) is 39.0 Å². The lowest BCUT2D eigenvalue weighted by atomic mass is 9.99. The van der Waals surface area contributed by atoms with E-state index in [1.165, 1.54) is 6.92 Å². The molecule has 0 saturated carbocycles. The molecule has 0 saturated heterocycles. The molecule has 69 heavy (non-hydrogen) atoms. The number of nitrogens with one attached hydrogen (secondary N) is 1. The zero-order valence-corrected chi connectivity index (χ0v) is 54.6. The maximum absolute atomic E-state index is 11.6. The van der Waals surface area contributed by atoms with Crippen molar-refractivity contribution in [1.82, 2.24) is 10.3 Å². The van der Waals surface area contributed by atoms with Crippen molar-refractivity contribution in [2.75, 3.05) is 5.33 Å². The Morgan fingerprint density at radius 1 is 0.739 bits per heavy atom. The Hall–Kier alpha value is -0.926. The summed E-state index contributed by atoms with van der Waals surface area (Å²) < 4.78 is 21.1. The molecule has 400 valence electrons. The predicted octanol–water partition coefficient (Wildman–Crippen LogP) is 16.2. The van der Waals surface area contributed by atoms with Gasteiger partial charge in [0.05, 0.1) is 33.2 Å². The van der Waals surface area contributed by atoms with Crippen molar-refractivity contribution in [3.05, 3.63) is 37.2 Å². The number of thiocarbonyl (C=S) groups is 1. The summed E-state index contributed by atoms with van der Waals surface area (Å²) in [5, 5.41) is 6.23. The second-order valence-corrected chi connectivity index (χ2v) is 36.9. The van der Waals surface area contributed by atoms with Gasteiger partial charge >= 0.3 is 6.09 Å². The number of ether oxygens (including phenoxy) is 1. The van der Waals surface area contributed by atoms with Gasteiger partial charge in [0.15, 0.2) is 0 Å². The van der Waals surface area contributed by atoms with Gasteiger partial charge in [0.1, 0.15) is 23.0 Å². The lowest BCUT2D eigenvalue weighted by molar-refractivity contribution is -0.119. The van der Waals surface area contributed by atoms with Crippen molar-refractivity contribution in [2.45, 2.75) is 247 Å². The van der Waals surface area contributed by atoms with Crippen molar-refractivity contribution in [3.8, 4) is 0 Å². The quantitative estimate of drug-likeness (QED) is 0.0472. The van der Waals surface area contributed by atoms with Crippen LogP contribution in [0.15, 0.2) is 26.5 Å². The minimum Gasteiger partial charge on any atom is -0.444 e. The molecule has 1 amide bonds. The zero-order valence-electron chi connectivity index (χ0n) is 46.2. The molecule has 1 aromatic rings. The molecule has 10 nitrogen and oxygen atoms in total. The Bertz CT molecular complexity index is 1730. The Kier molecular flexibility index (Phi) is 35.1. The van der Waals surface area contributed by atoms with E-state index in [0.29, 0.717) is 69.8 Å². The highest BCUT2D eigenvalue weighted by Gasteiger charge is 2.47. The summed E-state index contributed by atoms with van der Waals surface area (Å²) in [5.74, 6) is 0.691. The third-order valence-corrected chi connectivity index (χ3v) is 26.5. The number of aromatic nitrogens is 1. The number of nitrogens with zero attached hydrogens (tertiary/aromatic N) is 1. The van der Waals surface area contributed by atoms with Crippen LogP contribution in [0.1, 0.15) is 188 Å². The summed E-state index contributed by atoms with van der Waals surface area (Å²) in [6, 6.07) is -0.365. The number of alkyl halides is 1. The lowest BCUT2D eigenvalue weighted by Gasteiger charge is -2.44. The molecule has 0 aliphatic carbocycles. The van der Waals surface area contributed by atoms with E-state index in [9.17, 15) is 19.2 Å². The van der Waals surface area contributed by atoms with Crippen LogP contribution in [-0.4, -0.2) is 79.2 Å². The molecule has 17 heteroatoms. The van der Waals surface area contributed by atoms with Gasteiger partial charge in [0.25, 0.3) is 0 Å². The fraction of sp³-hybridized carbons (Fsp3) is 0.769. The summed E-state index contributed by atoms with van der Waals surface area (Å²) in [5.41, 5.74) is 9.62. The van der Waals surface area contributed by atoms with Gasteiger partial charge in [-0.3, -0.25) is 9.59 Å². The number of hydrogen-bond acceptors (Lipinski definition) is 10. The maximum atomic E-state index is 11.6. The van der Waals surface area contributed by atoms with Crippen LogP contribution in [0.5, 0.6) is 0 Å². The summed E-state index contributed by atoms with van der Waals surface area (Å²) >= 11 is 17.0. The van der Waals surface area contributed by atoms with Crippen molar-refractivity contribution in [1.29, 1.82) is 0 Å². The van der Waals surface area contributed by atoms with Crippen molar-refractivity contribution < 1.29 is 32.8 Å². The highest BCUT2D eigenvalue weighted by Crippen LogP contribution is 2.45. The van der Waals surface area contributed by atoms with Crippen LogP contribution in [0, 0.1) is 5.92 Å². The van der Waals surface area contributed by atoms with E-state index in [0.717, 1.165) is 38.9 Å². The van der Waals surface area contributed by atoms with Crippen molar-refractivity contribution in [3.63, 3.8) is 0 Å². The standard InChI is InChI=1S/C24H42BrNO2SSi.C15H30BrNOSSi.C13H22BrNO4/c1-16(2)30(17(3)4,18(5)6)28-23(13-20(8)25)14-24-26-22(15-29-24)11-10-19(7)12-21(9)27;1-10(2)20(11(3)4,12(5)6)18-14(8-13(7)16)9-15(17)19;1-9(16)7-10(5-6-11(17)8-14)15-12(18)19-13(2,3)4/h13,15-19,23H,10-12,14H2,1-9H3;8,10-12,14H,9H2,1-7H3,(H2,17,19);10H,5-8H2,1-4H3,(H,15,18)/b20-13+;13-8+;/t19-,23+;14-;10-/m101/s1. The normalized spacial score (nSPS) is 14.6. The Labute approximate surface area is 457 Å². The van der Waals surface area contributed by atoms with Gasteiger partial charge in [-0.15, -0.1) is 11.3 Å². The molecule has 1 heterocycles. The summed E-state index contributed by atoms with van der Waals surface area (Å²) in [6.07, 6.45) is 8.75. The Morgan fingerprint density at radius 3 is 1.55 bits per heavy atom. The number of rotatable bonds is 28. The molecule has 0 unspecified atom stereocenters. The zero-order chi connectivity index (χ0) is 54.2. The van der Waals surface area contributed by atoms with Crippen LogP contribution in [0.4, 0.5) is 4.79 Å². The molecule has 0 aliphatic rings. The number of carbonyl (C=O) groups is 4. The molecule has 1 rings (SSSR count). The van der Waals surface area contributed by atoms with Crippen LogP contribution in [0.3, 0.4) is 0 Å². The van der Waals surface area contributed by atoms with Gasteiger partial charge in [0.2, 0.25) is 16.6 Å². The van der Waals surface area contributed by atoms with Gasteiger partial charge < -0.3 is 29.4 Å². The number of amides is 1. The largest absolute Gasteiger partial charge is 0.444 e. The first-order chi connectivity index (χ1) is 31.5. The maximum Gasteiger partial charge on any atom is 0.407 e. The van der Waals surface area contributed by atoms with Crippen LogP contribution >= 0.6 is 71.3 Å². The number of ketones is 3. The first-order valence-electron chi connectivity index (χ1n) is 24.9. The van der Waals surface area contributed by atoms with Crippen LogP contribution in [-0.2, 0) is 40.8 Å². The molecule has 0 spiro atoms. The molecule has 0 radical (unpaired) electrons. The minimum absolute atomic E-state index is 0.0225. The topological polar surface area (TPSA) is 147 Å². The first kappa shape index (κ1) is 70.1. The monoisotopic (exact) mass is 1230 g/mol. The SMILES string of the molecule is C/C(Br)=C\[C@@H](CC(N)=S)O[Si](C(C)C)(C(C)C)C(C)C.CC(=O)C[C@@H](CCC(=O)CBr)NC(=O)OC(C)(C)C.CC(=O)C[C@H](C)CCc1csc(C[C@H](/C=C(\C)Br)O[Si](C(C)C)(C(C)C)C(C)C)n1. The van der Waals surface area contributed by atoms with E-state index in [1.807, 2.05) is 6.92 Å². The summed E-state index contributed by atoms with van der Waals surface area (Å²) in [4.78, 5) is 50.7. The van der Waals surface area contributed by atoms with Crippen LogP contribution < -0.4 is 11.1 Å². The van der Waals surface area contributed by atoms with Crippen molar-refractivity contribution >= 4 is 116 Å². The fourth-order valence-corrected chi connectivity index (χ4v) is 22.4. The molecule has 0 aromatic carbocycles. The Morgan fingerprint density at radius 2 is 1.17 bits per heavy atom. The molecule has 4 atom stereocenters. The third kappa shape index (κ3) is 28.9. The smallest absolute Gasteiger partial charge is 0.407 e. The molecule has 0 bridgehead atoms. The molecular weight excluding hydrogens is 1140 g/mol. The van der Waals surface area contributed by atoms with Gasteiger partial charge in [-0.2, -0.15) is 0 Å². The van der Waals surface area contributed by atoms with E-state index in [-0.39, 0.29) is 47.4 Å². The number of allylic oxidation sites excluding steroid dienone is 2. The average molecular weight is 1230 g/mol. The predicted molar refractivity (Wildman–Crippen MR) is 314 cm³/mol. The second kappa shape index (κ2) is 34.5. The third-order valence-electron chi connectivity index (χ3n) is 12.0. The van der Waals surface area contributed by atoms with E-state index in [2.05, 4.69) is 168 Å². The molecular formula is C52H94Br3N3O7S2Si2. The molecule has 1 aromatic heterocycles. The lowest BCUT2D eigenvalue weighted by Crippen LogP contribution is -2.50. The van der Waals surface area contributed by atoms with E-state index < -0.39 is 28.3 Å². The Balaban J connectivity index is 0.